The monoisotopic (exact) mass is 519 g/mol. The number of nitrogens with zero attached hydrogens (tertiary/aromatic N) is 1. The summed E-state index contributed by atoms with van der Waals surface area (Å²) in [4.78, 5) is 19.4. The molecular formula is C33H33N3O3. The Labute approximate surface area is 229 Å². The second-order valence-electron chi connectivity index (χ2n) is 9.90. The van der Waals surface area contributed by atoms with E-state index in [0.29, 0.717) is 0 Å². The lowest BCUT2D eigenvalue weighted by molar-refractivity contribution is -0.124. The maximum atomic E-state index is 14.4. The van der Waals surface area contributed by atoms with Crippen molar-refractivity contribution in [1.82, 2.24) is 5.32 Å². The number of amides is 1. The molecule has 2 unspecified atom stereocenters. The van der Waals surface area contributed by atoms with Gasteiger partial charge in [0.25, 0.3) is 5.91 Å². The first kappa shape index (κ1) is 26.0. The van der Waals surface area contributed by atoms with Crippen molar-refractivity contribution in [2.75, 3.05) is 14.2 Å². The van der Waals surface area contributed by atoms with Crippen LogP contribution in [0.3, 0.4) is 0 Å². The lowest BCUT2D eigenvalue weighted by Gasteiger charge is -2.41. The van der Waals surface area contributed by atoms with Crippen LogP contribution in [0, 0.1) is 13.8 Å². The van der Waals surface area contributed by atoms with E-state index in [1.54, 1.807) is 14.2 Å². The number of guanidine groups is 1. The Morgan fingerprint density at radius 1 is 0.692 bits per heavy atom. The topological polar surface area (TPSA) is 85.9 Å². The molecule has 39 heavy (non-hydrogen) atoms. The van der Waals surface area contributed by atoms with Gasteiger partial charge in [0.05, 0.1) is 14.2 Å². The van der Waals surface area contributed by atoms with Gasteiger partial charge >= 0.3 is 0 Å². The van der Waals surface area contributed by atoms with Crippen LogP contribution in [0.5, 0.6) is 11.5 Å². The van der Waals surface area contributed by atoms with E-state index in [0.717, 1.165) is 44.9 Å². The number of hydrogen-bond acceptors (Lipinski definition) is 5. The second-order valence-corrected chi connectivity index (χ2v) is 9.90. The van der Waals surface area contributed by atoms with Gasteiger partial charge in [0.1, 0.15) is 11.5 Å². The number of methoxy groups -OCH3 is 2. The Bertz CT molecular complexity index is 1410. The van der Waals surface area contributed by atoms with Crippen LogP contribution in [-0.4, -0.2) is 31.6 Å². The molecule has 3 N–H and O–H groups in total. The first-order chi connectivity index (χ1) is 18.9. The molecule has 1 amide bonds. The first-order valence-corrected chi connectivity index (χ1v) is 12.9. The minimum atomic E-state index is -1.33. The second kappa shape index (κ2) is 10.7. The van der Waals surface area contributed by atoms with Crippen molar-refractivity contribution in [2.24, 2.45) is 10.7 Å². The number of aryl methyl sites for hydroxylation is 2. The van der Waals surface area contributed by atoms with E-state index >= 15 is 0 Å². The van der Waals surface area contributed by atoms with Gasteiger partial charge in [-0.15, -0.1) is 0 Å². The van der Waals surface area contributed by atoms with Crippen LogP contribution in [-0.2, 0) is 4.79 Å². The summed E-state index contributed by atoms with van der Waals surface area (Å²) in [5, 5.41) is 2.87. The van der Waals surface area contributed by atoms with Crippen LogP contribution in [0.2, 0.25) is 0 Å². The van der Waals surface area contributed by atoms with Crippen LogP contribution in [0.4, 0.5) is 0 Å². The number of aliphatic imine (C=N–C) groups is 1. The van der Waals surface area contributed by atoms with Gasteiger partial charge in [-0.2, -0.15) is 0 Å². The molecule has 1 aliphatic rings. The molecule has 0 bridgehead atoms. The van der Waals surface area contributed by atoms with Gasteiger partial charge in [0.2, 0.25) is 0 Å². The zero-order chi connectivity index (χ0) is 27.6. The van der Waals surface area contributed by atoms with Crippen molar-refractivity contribution in [3.63, 3.8) is 0 Å². The zero-order valence-corrected chi connectivity index (χ0v) is 22.6. The summed E-state index contributed by atoms with van der Waals surface area (Å²) in [6, 6.07) is 32.0. The summed E-state index contributed by atoms with van der Waals surface area (Å²) in [7, 11) is 3.28. The van der Waals surface area contributed by atoms with E-state index in [1.165, 1.54) is 0 Å². The van der Waals surface area contributed by atoms with E-state index in [9.17, 15) is 4.79 Å². The highest BCUT2D eigenvalue weighted by molar-refractivity contribution is 6.08. The summed E-state index contributed by atoms with van der Waals surface area (Å²) in [5.74, 6) is 0.420. The molecule has 5 rings (SSSR count). The highest BCUT2D eigenvalue weighted by Crippen LogP contribution is 2.52. The Morgan fingerprint density at radius 3 is 1.44 bits per heavy atom. The summed E-state index contributed by atoms with van der Waals surface area (Å²) < 4.78 is 10.9. The van der Waals surface area contributed by atoms with E-state index in [4.69, 9.17) is 20.2 Å². The summed E-state index contributed by atoms with van der Waals surface area (Å²) in [5.41, 5.74) is 11.0. The molecule has 2 atom stereocenters. The lowest BCUT2D eigenvalue weighted by Crippen LogP contribution is -2.50. The normalized spacial score (nSPS) is 18.2. The van der Waals surface area contributed by atoms with Gasteiger partial charge in [-0.1, -0.05) is 72.8 Å². The maximum Gasteiger partial charge on any atom is 0.256 e. The highest BCUT2D eigenvalue weighted by Gasteiger charge is 2.57. The van der Waals surface area contributed by atoms with Crippen LogP contribution in [0.15, 0.2) is 102 Å². The third kappa shape index (κ3) is 4.63. The number of nitrogens with two attached hydrogens (primary N) is 1. The molecule has 0 aromatic heterocycles. The highest BCUT2D eigenvalue weighted by atomic mass is 16.5. The molecule has 0 aliphatic carbocycles. The Morgan fingerprint density at radius 2 is 1.10 bits per heavy atom. The Kier molecular flexibility index (Phi) is 7.11. The number of hydrogen-bond donors (Lipinski definition) is 2. The van der Waals surface area contributed by atoms with Gasteiger partial charge in [-0.05, 0) is 71.5 Å². The zero-order valence-electron chi connectivity index (χ0n) is 22.6. The largest absolute Gasteiger partial charge is 0.497 e. The van der Waals surface area contributed by atoms with Crippen molar-refractivity contribution in [1.29, 1.82) is 0 Å². The van der Waals surface area contributed by atoms with E-state index < -0.39 is 17.4 Å². The van der Waals surface area contributed by atoms with Gasteiger partial charge in [0, 0.05) is 11.8 Å². The molecular weight excluding hydrogens is 486 g/mol. The van der Waals surface area contributed by atoms with Gasteiger partial charge in [-0.3, -0.25) is 10.1 Å². The first-order valence-electron chi connectivity index (χ1n) is 12.9. The molecule has 0 saturated heterocycles. The van der Waals surface area contributed by atoms with Crippen LogP contribution in [0.1, 0.15) is 45.2 Å². The lowest BCUT2D eigenvalue weighted by atomic mass is 9.63. The molecule has 0 saturated carbocycles. The average Bonchev–Trinajstić information content (AvgIpc) is 3.25. The predicted octanol–water partition coefficient (Wildman–Crippen LogP) is 5.47. The quantitative estimate of drug-likeness (QED) is 0.323. The molecule has 6 nitrogen and oxygen atoms in total. The molecule has 198 valence electrons. The maximum absolute atomic E-state index is 14.4. The van der Waals surface area contributed by atoms with Crippen molar-refractivity contribution in [3.05, 3.63) is 130 Å². The molecule has 6 heteroatoms. The fourth-order valence-corrected chi connectivity index (χ4v) is 5.81. The third-order valence-electron chi connectivity index (χ3n) is 7.69. The third-order valence-corrected chi connectivity index (χ3v) is 7.69. The van der Waals surface area contributed by atoms with Crippen molar-refractivity contribution in [3.8, 4) is 11.5 Å². The number of ether oxygens (including phenoxy) is 2. The van der Waals surface area contributed by atoms with E-state index in [-0.39, 0.29) is 11.9 Å². The van der Waals surface area contributed by atoms with Crippen LogP contribution < -0.4 is 20.5 Å². The minimum Gasteiger partial charge on any atom is -0.497 e. The molecule has 1 heterocycles. The van der Waals surface area contributed by atoms with Gasteiger partial charge in [-0.25, -0.2) is 4.99 Å². The molecule has 4 aromatic rings. The van der Waals surface area contributed by atoms with Crippen molar-refractivity contribution in [2.45, 2.75) is 31.2 Å². The standard InChI is InChI=1S/C33H33N3O3/c1-21-9-5-7-11-27(21)29(23-13-17-25(38-3)18-14-23)33(31(37)35-32(34)36-33)30(28-12-8-6-10-22(28)2)24-15-19-26(39-4)20-16-24/h5-20,29-30H,1-4H3,(H3,34,35,36,37). The average molecular weight is 520 g/mol. The van der Waals surface area contributed by atoms with Crippen LogP contribution in [0.25, 0.3) is 0 Å². The number of rotatable bonds is 8. The van der Waals surface area contributed by atoms with Gasteiger partial charge in [0.15, 0.2) is 11.5 Å². The molecule has 1 aliphatic heterocycles. The number of carbonyl (C=O) groups excluding carboxylic acids is 1. The molecule has 0 radical (unpaired) electrons. The molecule has 0 spiro atoms. The number of benzene rings is 4. The summed E-state index contributed by atoms with van der Waals surface area (Å²) >= 11 is 0. The number of nitrogens with one attached hydrogen (secondary N) is 1. The molecule has 0 fully saturated rings. The summed E-state index contributed by atoms with van der Waals surface area (Å²) in [6.07, 6.45) is 0. The fourth-order valence-electron chi connectivity index (χ4n) is 5.81. The SMILES string of the molecule is COc1ccc(C(c2ccccc2C)C2(C(c3ccc(OC)cc3)c3ccccc3C)N=C(N)NC2=O)cc1. The smallest absolute Gasteiger partial charge is 0.256 e. The summed E-state index contributed by atoms with van der Waals surface area (Å²) in [6.45, 7) is 4.13. The fraction of sp³-hybridized carbons (Fsp3) is 0.212. The minimum absolute atomic E-state index is 0.110. The van der Waals surface area contributed by atoms with E-state index in [2.05, 4.69) is 43.4 Å². The predicted molar refractivity (Wildman–Crippen MR) is 155 cm³/mol. The van der Waals surface area contributed by atoms with Gasteiger partial charge < -0.3 is 15.2 Å². The molecule has 4 aromatic carbocycles. The van der Waals surface area contributed by atoms with Crippen LogP contribution >= 0.6 is 0 Å². The number of carbonyl (C=O) groups is 1. The van der Waals surface area contributed by atoms with Crippen molar-refractivity contribution < 1.29 is 14.3 Å². The van der Waals surface area contributed by atoms with E-state index in [1.807, 2.05) is 72.8 Å². The van der Waals surface area contributed by atoms with Crippen molar-refractivity contribution >= 4 is 11.9 Å². The Balaban J connectivity index is 1.87. The Hall–Kier alpha value is -4.58.